The van der Waals surface area contributed by atoms with Crippen LogP contribution in [0, 0.1) is 30.3 Å². The molecule has 0 radical (unpaired) electrons. The van der Waals surface area contributed by atoms with E-state index in [1.165, 1.54) is 6.92 Å². The molecule has 0 aliphatic rings. The molecule has 86 valence electrons. The lowest BCUT2D eigenvalue weighted by Gasteiger charge is -2.13. The molecule has 15 heavy (non-hydrogen) atoms. The SMILES string of the molecule is CCN(CC(F)([N+](=O)[O-])[N+](=O)[O-])[N+](=O)[O-]. The third kappa shape index (κ3) is 2.69. The predicted octanol–water partition coefficient (Wildman–Crippen LogP) is -0.323. The monoisotopic (exact) mass is 226 g/mol. The molecule has 0 fully saturated rings. The molecule has 0 spiro atoms. The first kappa shape index (κ1) is 12.9. The van der Waals surface area contributed by atoms with E-state index in [-0.39, 0.29) is 11.6 Å². The number of rotatable bonds is 6. The van der Waals surface area contributed by atoms with Crippen LogP contribution in [0.5, 0.6) is 0 Å². The summed E-state index contributed by atoms with van der Waals surface area (Å²) < 4.78 is 13.1. The Hall–Kier alpha value is -2.07. The highest BCUT2D eigenvalue weighted by Gasteiger charge is 2.61. The molecule has 11 heteroatoms. The zero-order valence-electron chi connectivity index (χ0n) is 7.53. The van der Waals surface area contributed by atoms with Gasteiger partial charge < -0.3 is 0 Å². The minimum absolute atomic E-state index is 0.0472. The van der Waals surface area contributed by atoms with Crippen molar-refractivity contribution in [3.05, 3.63) is 30.3 Å². The fourth-order valence-electron chi connectivity index (χ4n) is 0.699. The molecule has 0 atom stereocenters. The summed E-state index contributed by atoms with van der Waals surface area (Å²) in [5, 5.41) is 29.2. The average molecular weight is 226 g/mol. The Morgan fingerprint density at radius 3 is 1.80 bits per heavy atom. The fraction of sp³-hybridized carbons (Fsp3) is 1.00. The maximum atomic E-state index is 13.1. The van der Waals surface area contributed by atoms with Crippen LogP contribution < -0.4 is 0 Å². The second-order valence-electron chi connectivity index (χ2n) is 2.45. The van der Waals surface area contributed by atoms with Crippen molar-refractivity contribution in [1.29, 1.82) is 0 Å². The summed E-state index contributed by atoms with van der Waals surface area (Å²) >= 11 is 0. The maximum Gasteiger partial charge on any atom is 0.637 e. The van der Waals surface area contributed by atoms with Gasteiger partial charge in [-0.05, 0) is 6.92 Å². The summed E-state index contributed by atoms with van der Waals surface area (Å²) in [4.78, 5) is 26.7. The number of hydrazine groups is 1. The van der Waals surface area contributed by atoms with Gasteiger partial charge in [-0.3, -0.25) is 20.2 Å². The minimum Gasteiger partial charge on any atom is -0.256 e. The van der Waals surface area contributed by atoms with Gasteiger partial charge in [-0.2, -0.15) is 0 Å². The molecule has 0 aliphatic carbocycles. The van der Waals surface area contributed by atoms with Gasteiger partial charge in [0.2, 0.25) is 0 Å². The molecule has 0 N–H and O–H groups in total. The van der Waals surface area contributed by atoms with E-state index in [0.29, 0.717) is 0 Å². The summed E-state index contributed by atoms with van der Waals surface area (Å²) in [6.45, 7) is -0.722. The molecule has 0 heterocycles. The number of hydrogen-bond donors (Lipinski definition) is 0. The Balaban J connectivity index is 4.91. The van der Waals surface area contributed by atoms with Gasteiger partial charge >= 0.3 is 5.92 Å². The van der Waals surface area contributed by atoms with Gasteiger partial charge in [0.1, 0.15) is 9.85 Å². The van der Waals surface area contributed by atoms with Crippen molar-refractivity contribution >= 4 is 0 Å². The highest BCUT2D eigenvalue weighted by atomic mass is 19.2. The molecule has 0 aromatic rings. The van der Waals surface area contributed by atoms with E-state index in [1.807, 2.05) is 0 Å². The van der Waals surface area contributed by atoms with Crippen LogP contribution in [0.25, 0.3) is 0 Å². The average Bonchev–Trinajstić information content (AvgIpc) is 2.12. The van der Waals surface area contributed by atoms with Crippen LogP contribution in [0.15, 0.2) is 0 Å². The summed E-state index contributed by atoms with van der Waals surface area (Å²) in [6, 6.07) is 0. The first-order chi connectivity index (χ1) is 6.75. The van der Waals surface area contributed by atoms with E-state index in [1.54, 1.807) is 0 Å². The highest BCUT2D eigenvalue weighted by molar-refractivity contribution is 4.55. The van der Waals surface area contributed by atoms with Gasteiger partial charge in [0.15, 0.2) is 5.03 Å². The normalized spacial score (nSPS) is 10.8. The van der Waals surface area contributed by atoms with Gasteiger partial charge in [0, 0.05) is 0 Å². The van der Waals surface area contributed by atoms with Gasteiger partial charge in [-0.1, -0.05) is 4.39 Å². The largest absolute Gasteiger partial charge is 0.637 e. The molecule has 0 amide bonds. The van der Waals surface area contributed by atoms with Crippen molar-refractivity contribution in [2.24, 2.45) is 0 Å². The van der Waals surface area contributed by atoms with Crippen LogP contribution in [0.4, 0.5) is 4.39 Å². The Morgan fingerprint density at radius 1 is 1.20 bits per heavy atom. The first-order valence-corrected chi connectivity index (χ1v) is 3.62. The van der Waals surface area contributed by atoms with E-state index < -0.39 is 27.3 Å². The topological polar surface area (TPSA) is 133 Å². The molecule has 0 aromatic heterocycles. The van der Waals surface area contributed by atoms with Crippen molar-refractivity contribution in [3.8, 4) is 0 Å². The summed E-state index contributed by atoms with van der Waals surface area (Å²) in [7, 11) is 0. The van der Waals surface area contributed by atoms with Crippen LogP contribution in [0.2, 0.25) is 0 Å². The number of hydrogen-bond acceptors (Lipinski definition) is 6. The Bertz CT molecular complexity index is 281. The van der Waals surface area contributed by atoms with E-state index >= 15 is 0 Å². The highest BCUT2D eigenvalue weighted by Crippen LogP contribution is 2.14. The Morgan fingerprint density at radius 2 is 1.60 bits per heavy atom. The molecule has 0 bridgehead atoms. The van der Waals surface area contributed by atoms with Crippen LogP contribution >= 0.6 is 0 Å². The number of nitro groups is 3. The second-order valence-corrected chi connectivity index (χ2v) is 2.45. The molecular weight excluding hydrogens is 219 g/mol. The standard InChI is InChI=1S/C4H7FN4O6/c1-2-6(9(14)15)3-4(5,7(10)11)8(12)13/h2-3H2,1H3. The van der Waals surface area contributed by atoms with E-state index in [4.69, 9.17) is 0 Å². The van der Waals surface area contributed by atoms with Crippen molar-refractivity contribution in [2.75, 3.05) is 13.1 Å². The lowest BCUT2D eigenvalue weighted by molar-refractivity contribution is -0.841. The third-order valence-corrected chi connectivity index (χ3v) is 1.54. The molecule has 0 unspecified atom stereocenters. The van der Waals surface area contributed by atoms with Crippen molar-refractivity contribution in [2.45, 2.75) is 12.8 Å². The number of alkyl halides is 1. The maximum absolute atomic E-state index is 13.1. The van der Waals surface area contributed by atoms with Crippen LogP contribution in [-0.4, -0.2) is 38.9 Å². The van der Waals surface area contributed by atoms with Gasteiger partial charge in [0.05, 0.1) is 6.54 Å². The van der Waals surface area contributed by atoms with E-state index in [9.17, 15) is 34.7 Å². The van der Waals surface area contributed by atoms with Crippen molar-refractivity contribution in [3.63, 3.8) is 0 Å². The summed E-state index contributed by atoms with van der Waals surface area (Å²) in [6.07, 6.45) is 0. The Labute approximate surface area is 81.7 Å². The van der Waals surface area contributed by atoms with E-state index in [2.05, 4.69) is 0 Å². The summed E-state index contributed by atoms with van der Waals surface area (Å²) in [5.41, 5.74) is 0. The lowest BCUT2D eigenvalue weighted by atomic mass is 10.4. The van der Waals surface area contributed by atoms with Gasteiger partial charge in [-0.15, -0.1) is 5.01 Å². The predicted molar refractivity (Wildman–Crippen MR) is 42.1 cm³/mol. The molecule has 0 saturated carbocycles. The van der Waals surface area contributed by atoms with Crippen LogP contribution in [0.1, 0.15) is 6.92 Å². The lowest BCUT2D eigenvalue weighted by Crippen LogP contribution is -2.52. The fourth-order valence-corrected chi connectivity index (χ4v) is 0.699. The zero-order chi connectivity index (χ0) is 12.2. The Kier molecular flexibility index (Phi) is 3.82. The second kappa shape index (κ2) is 4.43. The first-order valence-electron chi connectivity index (χ1n) is 3.62. The molecule has 0 aromatic carbocycles. The van der Waals surface area contributed by atoms with Crippen LogP contribution in [-0.2, 0) is 0 Å². The van der Waals surface area contributed by atoms with Crippen molar-refractivity contribution < 1.29 is 19.3 Å². The minimum atomic E-state index is -4.07. The van der Waals surface area contributed by atoms with Gasteiger partial charge in [-0.25, -0.2) is 10.1 Å². The van der Waals surface area contributed by atoms with Crippen LogP contribution in [0.3, 0.4) is 0 Å². The molecular formula is C4H7FN4O6. The van der Waals surface area contributed by atoms with Crippen molar-refractivity contribution in [1.82, 2.24) is 5.01 Å². The van der Waals surface area contributed by atoms with Gasteiger partial charge in [0.25, 0.3) is 6.54 Å². The summed E-state index contributed by atoms with van der Waals surface area (Å²) in [5.74, 6) is -4.07. The number of nitrogens with zero attached hydrogens (tertiary/aromatic N) is 4. The molecule has 0 saturated heterocycles. The molecule has 0 aliphatic heterocycles. The molecule has 0 rings (SSSR count). The number of halogens is 1. The zero-order valence-corrected chi connectivity index (χ0v) is 7.53. The smallest absolute Gasteiger partial charge is 0.256 e. The van der Waals surface area contributed by atoms with E-state index in [0.717, 1.165) is 0 Å². The third-order valence-electron chi connectivity index (χ3n) is 1.54. The molecule has 10 nitrogen and oxygen atoms in total. The quantitative estimate of drug-likeness (QED) is 0.262. The number of likely N-dealkylation sites (N-methyl/N-ethyl adjacent to an activating group) is 1.